The molecular formula is C8H12Cl2O. The molecule has 0 aromatic carbocycles. The molecule has 0 aromatic heterocycles. The molecule has 64 valence electrons. The second kappa shape index (κ2) is 2.96. The Balaban J connectivity index is 2.85. The predicted octanol–water partition coefficient (Wildman–Crippen LogP) is 2.65. The van der Waals surface area contributed by atoms with Crippen LogP contribution in [0, 0.1) is 0 Å². The first-order chi connectivity index (χ1) is 4.92. The zero-order chi connectivity index (χ0) is 8.65. The first kappa shape index (κ1) is 9.37. The lowest BCUT2D eigenvalue weighted by Gasteiger charge is -2.30. The Bertz CT molecular complexity index is 196. The van der Waals surface area contributed by atoms with Crippen LogP contribution in [0.1, 0.15) is 26.7 Å². The van der Waals surface area contributed by atoms with E-state index in [0.29, 0.717) is 12.8 Å². The van der Waals surface area contributed by atoms with Gasteiger partial charge in [0, 0.05) is 12.8 Å². The van der Waals surface area contributed by atoms with E-state index in [2.05, 4.69) is 0 Å². The third kappa shape index (κ3) is 2.11. The molecule has 1 N–H and O–H groups in total. The number of allylic oxidation sites excluding steroid dienone is 1. The maximum atomic E-state index is 9.46. The van der Waals surface area contributed by atoms with Crippen LogP contribution in [0.5, 0.6) is 0 Å². The summed E-state index contributed by atoms with van der Waals surface area (Å²) in [5.74, 6) is 0. The molecule has 1 aliphatic rings. The minimum atomic E-state index is -0.761. The van der Waals surface area contributed by atoms with Crippen LogP contribution in [-0.2, 0) is 0 Å². The van der Waals surface area contributed by atoms with Crippen molar-refractivity contribution in [3.63, 3.8) is 0 Å². The highest BCUT2D eigenvalue weighted by molar-refractivity contribution is 6.48. The molecule has 0 spiro atoms. The molecule has 0 bridgehead atoms. The van der Waals surface area contributed by atoms with Crippen LogP contribution in [0.15, 0.2) is 11.1 Å². The molecule has 1 aliphatic carbocycles. The lowest BCUT2D eigenvalue weighted by molar-refractivity contribution is 0.185. The van der Waals surface area contributed by atoms with Crippen LogP contribution in [-0.4, -0.2) is 15.5 Å². The van der Waals surface area contributed by atoms with Gasteiger partial charge in [-0.1, -0.05) is 5.57 Å². The number of hydrogen-bond acceptors (Lipinski definition) is 1. The summed E-state index contributed by atoms with van der Waals surface area (Å²) in [5.41, 5.74) is 2.12. The van der Waals surface area contributed by atoms with Crippen molar-refractivity contribution in [1.29, 1.82) is 0 Å². The molecule has 0 saturated heterocycles. The third-order valence-electron chi connectivity index (χ3n) is 2.19. The molecular weight excluding hydrogens is 183 g/mol. The summed E-state index contributed by atoms with van der Waals surface area (Å²) in [6, 6.07) is 0. The SMILES string of the molecule is CC1=C(C)C(O)CC(Cl)(Cl)C1. The van der Waals surface area contributed by atoms with Crippen molar-refractivity contribution >= 4 is 23.2 Å². The first-order valence-corrected chi connectivity index (χ1v) is 4.40. The van der Waals surface area contributed by atoms with E-state index in [1.54, 1.807) is 0 Å². The molecule has 1 nitrogen and oxygen atoms in total. The molecule has 0 aromatic rings. The summed E-state index contributed by atoms with van der Waals surface area (Å²) in [6.45, 7) is 3.88. The quantitative estimate of drug-likeness (QED) is 0.465. The summed E-state index contributed by atoms with van der Waals surface area (Å²) in [7, 11) is 0. The lowest BCUT2D eigenvalue weighted by atomic mass is 9.91. The Kier molecular flexibility index (Phi) is 2.53. The van der Waals surface area contributed by atoms with Gasteiger partial charge < -0.3 is 5.11 Å². The van der Waals surface area contributed by atoms with Crippen molar-refractivity contribution in [2.75, 3.05) is 0 Å². The zero-order valence-electron chi connectivity index (χ0n) is 6.69. The Morgan fingerprint density at radius 2 is 2.00 bits per heavy atom. The van der Waals surface area contributed by atoms with Crippen molar-refractivity contribution in [3.05, 3.63) is 11.1 Å². The topological polar surface area (TPSA) is 20.2 Å². The van der Waals surface area contributed by atoms with Gasteiger partial charge in [0.15, 0.2) is 0 Å². The summed E-state index contributed by atoms with van der Waals surface area (Å²) in [6.07, 6.45) is 0.650. The second-order valence-corrected chi connectivity index (χ2v) is 4.86. The number of rotatable bonds is 0. The monoisotopic (exact) mass is 194 g/mol. The van der Waals surface area contributed by atoms with Crippen LogP contribution in [0.3, 0.4) is 0 Å². The first-order valence-electron chi connectivity index (χ1n) is 3.64. The molecule has 0 saturated carbocycles. The van der Waals surface area contributed by atoms with E-state index in [1.165, 1.54) is 0 Å². The molecule has 1 atom stereocenters. The summed E-state index contributed by atoms with van der Waals surface area (Å²) in [4.78, 5) is 0. The fraction of sp³-hybridized carbons (Fsp3) is 0.750. The van der Waals surface area contributed by atoms with Crippen molar-refractivity contribution < 1.29 is 5.11 Å². The average molecular weight is 195 g/mol. The van der Waals surface area contributed by atoms with Crippen molar-refractivity contribution in [2.24, 2.45) is 0 Å². The Morgan fingerprint density at radius 3 is 2.45 bits per heavy atom. The fourth-order valence-electron chi connectivity index (χ4n) is 1.32. The molecule has 0 amide bonds. The summed E-state index contributed by atoms with van der Waals surface area (Å²) < 4.78 is -0.761. The fourth-order valence-corrected chi connectivity index (χ4v) is 2.01. The summed E-state index contributed by atoms with van der Waals surface area (Å²) >= 11 is 11.8. The Labute approximate surface area is 77.0 Å². The number of aliphatic hydroxyl groups is 1. The van der Waals surface area contributed by atoms with Crippen LogP contribution in [0.2, 0.25) is 0 Å². The highest BCUT2D eigenvalue weighted by atomic mass is 35.5. The molecule has 0 heterocycles. The zero-order valence-corrected chi connectivity index (χ0v) is 8.21. The van der Waals surface area contributed by atoms with Crippen LogP contribution < -0.4 is 0 Å². The van der Waals surface area contributed by atoms with Crippen LogP contribution in [0.25, 0.3) is 0 Å². The molecule has 3 heteroatoms. The highest BCUT2D eigenvalue weighted by Crippen LogP contribution is 2.40. The van der Waals surface area contributed by atoms with Gasteiger partial charge in [-0.15, -0.1) is 23.2 Å². The Hall–Kier alpha value is 0.280. The van der Waals surface area contributed by atoms with Crippen LogP contribution in [0.4, 0.5) is 0 Å². The van der Waals surface area contributed by atoms with E-state index in [1.807, 2.05) is 13.8 Å². The third-order valence-corrected chi connectivity index (χ3v) is 2.76. The molecule has 0 fully saturated rings. The minimum absolute atomic E-state index is 0.444. The van der Waals surface area contributed by atoms with Gasteiger partial charge in [0.05, 0.1) is 6.10 Å². The molecule has 11 heavy (non-hydrogen) atoms. The number of hydrogen-bond donors (Lipinski definition) is 1. The predicted molar refractivity (Wildman–Crippen MR) is 48.1 cm³/mol. The van der Waals surface area contributed by atoms with Gasteiger partial charge >= 0.3 is 0 Å². The maximum Gasteiger partial charge on any atom is 0.124 e. The number of alkyl halides is 2. The maximum absolute atomic E-state index is 9.46. The number of halogens is 2. The molecule has 1 rings (SSSR count). The highest BCUT2D eigenvalue weighted by Gasteiger charge is 2.33. The minimum Gasteiger partial charge on any atom is -0.389 e. The van der Waals surface area contributed by atoms with Gasteiger partial charge in [-0.25, -0.2) is 0 Å². The van der Waals surface area contributed by atoms with Crippen molar-refractivity contribution in [3.8, 4) is 0 Å². The standard InChI is InChI=1S/C8H12Cl2O/c1-5-3-8(9,10)4-7(11)6(5)2/h7,11H,3-4H2,1-2H3. The van der Waals surface area contributed by atoms with E-state index >= 15 is 0 Å². The molecule has 0 aliphatic heterocycles. The largest absolute Gasteiger partial charge is 0.389 e. The number of aliphatic hydroxyl groups excluding tert-OH is 1. The van der Waals surface area contributed by atoms with E-state index in [0.717, 1.165) is 11.1 Å². The summed E-state index contributed by atoms with van der Waals surface area (Å²) in [5, 5.41) is 9.46. The average Bonchev–Trinajstić information content (AvgIpc) is 1.81. The van der Waals surface area contributed by atoms with E-state index in [9.17, 15) is 5.11 Å². The normalized spacial score (nSPS) is 30.8. The molecule has 0 radical (unpaired) electrons. The van der Waals surface area contributed by atoms with Gasteiger partial charge in [-0.05, 0) is 19.4 Å². The van der Waals surface area contributed by atoms with E-state index < -0.39 is 10.4 Å². The van der Waals surface area contributed by atoms with Crippen LogP contribution >= 0.6 is 23.2 Å². The lowest BCUT2D eigenvalue weighted by Crippen LogP contribution is -2.28. The van der Waals surface area contributed by atoms with Gasteiger partial charge in [-0.2, -0.15) is 0 Å². The Morgan fingerprint density at radius 1 is 1.45 bits per heavy atom. The van der Waals surface area contributed by atoms with E-state index in [-0.39, 0.29) is 0 Å². The van der Waals surface area contributed by atoms with Gasteiger partial charge in [0.2, 0.25) is 0 Å². The van der Waals surface area contributed by atoms with Crippen molar-refractivity contribution in [1.82, 2.24) is 0 Å². The van der Waals surface area contributed by atoms with E-state index in [4.69, 9.17) is 23.2 Å². The molecule has 1 unspecified atom stereocenters. The van der Waals surface area contributed by atoms with Crippen molar-refractivity contribution in [2.45, 2.75) is 37.1 Å². The second-order valence-electron chi connectivity index (χ2n) is 3.22. The van der Waals surface area contributed by atoms with Gasteiger partial charge in [0.25, 0.3) is 0 Å². The smallest absolute Gasteiger partial charge is 0.124 e. The van der Waals surface area contributed by atoms with Gasteiger partial charge in [0.1, 0.15) is 4.33 Å². The van der Waals surface area contributed by atoms with Gasteiger partial charge in [-0.3, -0.25) is 0 Å².